The van der Waals surface area contributed by atoms with Crippen LogP contribution >= 0.6 is 0 Å². The average molecular weight is 489 g/mol. The molecular weight excluding hydrogens is 464 g/mol. The molecule has 1 aliphatic heterocycles. The van der Waals surface area contributed by atoms with Crippen LogP contribution in [-0.2, 0) is 16.1 Å². The highest BCUT2D eigenvalue weighted by molar-refractivity contribution is 6.46. The molecule has 2 aromatic carbocycles. The minimum Gasteiger partial charge on any atom is -0.507 e. The van der Waals surface area contributed by atoms with E-state index in [0.29, 0.717) is 36.4 Å². The number of amides is 1. The highest BCUT2D eigenvalue weighted by atomic mass is 16.6. The Morgan fingerprint density at radius 2 is 1.86 bits per heavy atom. The number of Topliss-reactive ketones (excluding diaryl/α,β-unsaturated/α-hetero) is 1. The SMILES string of the molecule is C=CCOc1ccc(C(O)=C2C(=O)C(=O)N(CCCn3ccnc3)C2c2ccc([N+](=O)[O-])cc2)cc1. The topological polar surface area (TPSA) is 128 Å². The third-order valence-electron chi connectivity index (χ3n) is 5.83. The van der Waals surface area contributed by atoms with Crippen molar-refractivity contribution < 1.29 is 24.4 Å². The highest BCUT2D eigenvalue weighted by Crippen LogP contribution is 2.40. The first-order valence-electron chi connectivity index (χ1n) is 11.2. The number of non-ortho nitro benzene ring substituents is 1. The van der Waals surface area contributed by atoms with Gasteiger partial charge in [0.15, 0.2) is 0 Å². The largest absolute Gasteiger partial charge is 0.507 e. The maximum absolute atomic E-state index is 13.1. The number of hydrogen-bond acceptors (Lipinski definition) is 7. The van der Waals surface area contributed by atoms with Crippen LogP contribution in [0, 0.1) is 10.1 Å². The van der Waals surface area contributed by atoms with E-state index in [9.17, 15) is 24.8 Å². The maximum Gasteiger partial charge on any atom is 0.295 e. The Hall–Kier alpha value is -4.73. The fourth-order valence-electron chi connectivity index (χ4n) is 4.10. The monoisotopic (exact) mass is 488 g/mol. The van der Waals surface area contributed by atoms with Gasteiger partial charge in [0.25, 0.3) is 17.4 Å². The number of benzene rings is 2. The van der Waals surface area contributed by atoms with E-state index < -0.39 is 22.7 Å². The summed E-state index contributed by atoms with van der Waals surface area (Å²) in [6.07, 6.45) is 7.24. The number of carbonyl (C=O) groups excluding carboxylic acids is 2. The number of nitrogens with zero attached hydrogens (tertiary/aromatic N) is 4. The van der Waals surface area contributed by atoms with Gasteiger partial charge in [-0.05, 0) is 48.4 Å². The number of nitro benzene ring substituents is 1. The van der Waals surface area contributed by atoms with Crippen LogP contribution in [-0.4, -0.2) is 49.3 Å². The summed E-state index contributed by atoms with van der Waals surface area (Å²) in [5.41, 5.74) is 0.626. The van der Waals surface area contributed by atoms with Gasteiger partial charge in [0.05, 0.1) is 22.9 Å². The Balaban J connectivity index is 1.70. The predicted octanol–water partition coefficient (Wildman–Crippen LogP) is 3.87. The van der Waals surface area contributed by atoms with E-state index in [1.807, 2.05) is 4.57 Å². The second-order valence-corrected chi connectivity index (χ2v) is 8.12. The molecule has 1 aliphatic rings. The Labute approximate surface area is 206 Å². The normalized spacial score (nSPS) is 16.8. The number of aromatic nitrogens is 2. The van der Waals surface area contributed by atoms with Crippen molar-refractivity contribution in [1.82, 2.24) is 14.5 Å². The van der Waals surface area contributed by atoms with Crippen molar-refractivity contribution >= 4 is 23.1 Å². The number of nitro groups is 1. The molecule has 1 atom stereocenters. The minimum absolute atomic E-state index is 0.0729. The van der Waals surface area contributed by atoms with Crippen molar-refractivity contribution in [2.24, 2.45) is 0 Å². The van der Waals surface area contributed by atoms with E-state index in [1.165, 1.54) is 29.2 Å². The molecule has 1 fully saturated rings. The molecule has 0 saturated carbocycles. The smallest absolute Gasteiger partial charge is 0.295 e. The summed E-state index contributed by atoms with van der Waals surface area (Å²) >= 11 is 0. The molecule has 4 rings (SSSR count). The Morgan fingerprint density at radius 1 is 1.14 bits per heavy atom. The number of aryl methyl sites for hydroxylation is 1. The molecule has 0 radical (unpaired) electrons. The standard InChI is InChI=1S/C26H24N4O6/c1-2-16-36-21-10-6-19(7-11-21)24(31)22-23(18-4-8-20(9-5-18)30(34)35)29(26(33)25(22)32)14-3-13-28-15-12-27-17-28/h2,4-12,15,17,23,31H,1,3,13-14,16H2. The molecule has 2 heterocycles. The third kappa shape index (κ3) is 5.02. The molecule has 1 saturated heterocycles. The van der Waals surface area contributed by atoms with Crippen LogP contribution in [0.15, 0.2) is 85.5 Å². The molecule has 3 aromatic rings. The molecule has 184 valence electrons. The fourth-order valence-corrected chi connectivity index (χ4v) is 4.10. The van der Waals surface area contributed by atoms with E-state index in [1.54, 1.807) is 49.1 Å². The number of ether oxygens (including phenoxy) is 1. The summed E-state index contributed by atoms with van der Waals surface area (Å²) in [6, 6.07) is 11.2. The summed E-state index contributed by atoms with van der Waals surface area (Å²) in [5, 5.41) is 22.3. The van der Waals surface area contributed by atoms with Crippen LogP contribution in [0.5, 0.6) is 5.75 Å². The summed E-state index contributed by atoms with van der Waals surface area (Å²) < 4.78 is 7.31. The summed E-state index contributed by atoms with van der Waals surface area (Å²) in [5.74, 6) is -1.33. The summed E-state index contributed by atoms with van der Waals surface area (Å²) in [6.45, 7) is 4.71. The number of imidazole rings is 1. The van der Waals surface area contributed by atoms with Gasteiger partial charge in [-0.15, -0.1) is 0 Å². The molecule has 36 heavy (non-hydrogen) atoms. The van der Waals surface area contributed by atoms with Crippen molar-refractivity contribution in [1.29, 1.82) is 0 Å². The van der Waals surface area contributed by atoms with E-state index in [4.69, 9.17) is 4.74 Å². The van der Waals surface area contributed by atoms with Crippen LogP contribution in [0.1, 0.15) is 23.6 Å². The Bertz CT molecular complexity index is 1300. The van der Waals surface area contributed by atoms with Crippen molar-refractivity contribution in [2.45, 2.75) is 19.0 Å². The molecule has 10 heteroatoms. The van der Waals surface area contributed by atoms with E-state index in [0.717, 1.165) is 0 Å². The van der Waals surface area contributed by atoms with E-state index in [2.05, 4.69) is 11.6 Å². The zero-order valence-corrected chi connectivity index (χ0v) is 19.3. The fraction of sp³-hybridized carbons (Fsp3) is 0.192. The lowest BCUT2D eigenvalue weighted by atomic mass is 9.95. The molecular formula is C26H24N4O6. The molecule has 0 bridgehead atoms. The zero-order chi connectivity index (χ0) is 25.7. The summed E-state index contributed by atoms with van der Waals surface area (Å²) in [4.78, 5) is 42.2. The molecule has 1 unspecified atom stereocenters. The van der Waals surface area contributed by atoms with Gasteiger partial charge in [0, 0.05) is 43.2 Å². The number of aliphatic hydroxyl groups excluding tert-OH is 1. The maximum atomic E-state index is 13.1. The van der Waals surface area contributed by atoms with Crippen LogP contribution in [0.4, 0.5) is 5.69 Å². The van der Waals surface area contributed by atoms with Gasteiger partial charge >= 0.3 is 0 Å². The van der Waals surface area contributed by atoms with Crippen LogP contribution in [0.2, 0.25) is 0 Å². The lowest BCUT2D eigenvalue weighted by Gasteiger charge is -2.25. The molecule has 1 N–H and O–H groups in total. The number of hydrogen-bond donors (Lipinski definition) is 1. The van der Waals surface area contributed by atoms with Gasteiger partial charge in [-0.1, -0.05) is 12.7 Å². The van der Waals surface area contributed by atoms with Gasteiger partial charge in [-0.3, -0.25) is 19.7 Å². The lowest BCUT2D eigenvalue weighted by Crippen LogP contribution is -2.31. The van der Waals surface area contributed by atoms with E-state index >= 15 is 0 Å². The number of aliphatic hydroxyl groups is 1. The first-order chi connectivity index (χ1) is 17.4. The predicted molar refractivity (Wildman–Crippen MR) is 131 cm³/mol. The van der Waals surface area contributed by atoms with Gasteiger partial charge in [0.1, 0.15) is 18.1 Å². The first-order valence-corrected chi connectivity index (χ1v) is 11.2. The van der Waals surface area contributed by atoms with Crippen molar-refractivity contribution in [3.63, 3.8) is 0 Å². The molecule has 1 amide bonds. The summed E-state index contributed by atoms with van der Waals surface area (Å²) in [7, 11) is 0. The van der Waals surface area contributed by atoms with Gasteiger partial charge in [0.2, 0.25) is 0 Å². The molecule has 0 spiro atoms. The van der Waals surface area contributed by atoms with Crippen LogP contribution in [0.3, 0.4) is 0 Å². The Kier molecular flexibility index (Phi) is 7.24. The molecule has 10 nitrogen and oxygen atoms in total. The molecule has 1 aromatic heterocycles. The number of rotatable bonds is 10. The van der Waals surface area contributed by atoms with Crippen LogP contribution in [0.25, 0.3) is 5.76 Å². The number of carbonyl (C=O) groups is 2. The quantitative estimate of drug-likeness (QED) is 0.115. The second-order valence-electron chi connectivity index (χ2n) is 8.12. The van der Waals surface area contributed by atoms with Crippen LogP contribution < -0.4 is 4.74 Å². The second kappa shape index (κ2) is 10.7. The zero-order valence-electron chi connectivity index (χ0n) is 19.3. The van der Waals surface area contributed by atoms with Crippen molar-refractivity contribution in [3.8, 4) is 5.75 Å². The first kappa shape index (κ1) is 24.4. The van der Waals surface area contributed by atoms with Crippen molar-refractivity contribution in [3.05, 3.63) is 107 Å². The average Bonchev–Trinajstić information content (AvgIpc) is 3.50. The third-order valence-corrected chi connectivity index (χ3v) is 5.83. The number of ketones is 1. The highest BCUT2D eigenvalue weighted by Gasteiger charge is 2.45. The minimum atomic E-state index is -0.898. The van der Waals surface area contributed by atoms with Crippen molar-refractivity contribution in [2.75, 3.05) is 13.2 Å². The van der Waals surface area contributed by atoms with Gasteiger partial charge in [-0.2, -0.15) is 0 Å². The Morgan fingerprint density at radius 3 is 2.47 bits per heavy atom. The molecule has 0 aliphatic carbocycles. The lowest BCUT2D eigenvalue weighted by molar-refractivity contribution is -0.384. The van der Waals surface area contributed by atoms with Gasteiger partial charge in [-0.25, -0.2) is 4.98 Å². The number of likely N-dealkylation sites (tertiary alicyclic amines) is 1. The van der Waals surface area contributed by atoms with E-state index in [-0.39, 0.29) is 23.6 Å². The van der Waals surface area contributed by atoms with Gasteiger partial charge < -0.3 is 19.3 Å².